The Kier molecular flexibility index (Phi) is 2.72. The SMILES string of the molecule is CN1CCN=C1c1ccccc1C(C)(C)O. The molecule has 0 amide bonds. The van der Waals surface area contributed by atoms with Gasteiger partial charge in [-0.1, -0.05) is 24.3 Å². The van der Waals surface area contributed by atoms with Crippen molar-refractivity contribution in [1.29, 1.82) is 0 Å². The summed E-state index contributed by atoms with van der Waals surface area (Å²) in [4.78, 5) is 6.62. The van der Waals surface area contributed by atoms with Gasteiger partial charge < -0.3 is 10.0 Å². The summed E-state index contributed by atoms with van der Waals surface area (Å²) in [6, 6.07) is 7.92. The lowest BCUT2D eigenvalue weighted by Gasteiger charge is -2.24. The Bertz CT molecular complexity index is 418. The van der Waals surface area contributed by atoms with E-state index in [0.29, 0.717) is 0 Å². The number of aliphatic imine (C=N–C) groups is 1. The van der Waals surface area contributed by atoms with E-state index in [1.165, 1.54) is 0 Å². The molecule has 0 unspecified atom stereocenters. The third-order valence-electron chi connectivity index (χ3n) is 2.89. The summed E-state index contributed by atoms with van der Waals surface area (Å²) in [6.07, 6.45) is 0. The highest BCUT2D eigenvalue weighted by molar-refractivity contribution is 6.01. The van der Waals surface area contributed by atoms with Gasteiger partial charge in [0, 0.05) is 19.2 Å². The van der Waals surface area contributed by atoms with Gasteiger partial charge in [-0.2, -0.15) is 0 Å². The largest absolute Gasteiger partial charge is 0.386 e. The third kappa shape index (κ3) is 1.95. The van der Waals surface area contributed by atoms with Gasteiger partial charge in [-0.05, 0) is 19.4 Å². The van der Waals surface area contributed by atoms with Crippen molar-refractivity contribution in [3.05, 3.63) is 35.4 Å². The number of hydrogen-bond donors (Lipinski definition) is 1. The highest BCUT2D eigenvalue weighted by atomic mass is 16.3. The topological polar surface area (TPSA) is 35.8 Å². The van der Waals surface area contributed by atoms with Crippen LogP contribution in [0.25, 0.3) is 0 Å². The van der Waals surface area contributed by atoms with Crippen molar-refractivity contribution >= 4 is 5.84 Å². The number of likely N-dealkylation sites (N-methyl/N-ethyl adjacent to an activating group) is 1. The highest BCUT2D eigenvalue weighted by Crippen LogP contribution is 2.25. The minimum atomic E-state index is -0.831. The van der Waals surface area contributed by atoms with Gasteiger partial charge in [0.15, 0.2) is 0 Å². The molecule has 1 N–H and O–H groups in total. The van der Waals surface area contributed by atoms with Gasteiger partial charge in [-0.15, -0.1) is 0 Å². The average molecular weight is 218 g/mol. The molecule has 1 heterocycles. The smallest absolute Gasteiger partial charge is 0.131 e. The second kappa shape index (κ2) is 3.91. The van der Waals surface area contributed by atoms with E-state index in [1.54, 1.807) is 13.8 Å². The first-order valence-electron chi connectivity index (χ1n) is 5.58. The molecule has 1 aromatic rings. The summed E-state index contributed by atoms with van der Waals surface area (Å²) in [5.74, 6) is 0.984. The molecule has 3 nitrogen and oxygen atoms in total. The molecule has 0 saturated carbocycles. The predicted octanol–water partition coefficient (Wildman–Crippen LogP) is 1.61. The fraction of sp³-hybridized carbons (Fsp3) is 0.462. The molecule has 0 spiro atoms. The van der Waals surface area contributed by atoms with E-state index < -0.39 is 5.60 Å². The van der Waals surface area contributed by atoms with Crippen LogP contribution in [-0.2, 0) is 5.60 Å². The average Bonchev–Trinajstić information content (AvgIpc) is 2.63. The van der Waals surface area contributed by atoms with E-state index in [0.717, 1.165) is 30.1 Å². The van der Waals surface area contributed by atoms with Crippen molar-refractivity contribution in [1.82, 2.24) is 4.90 Å². The van der Waals surface area contributed by atoms with Crippen molar-refractivity contribution in [2.24, 2.45) is 4.99 Å². The van der Waals surface area contributed by atoms with E-state index in [4.69, 9.17) is 0 Å². The molecule has 2 rings (SSSR count). The number of aliphatic hydroxyl groups is 1. The zero-order valence-corrected chi connectivity index (χ0v) is 10.1. The Morgan fingerprint density at radius 1 is 1.31 bits per heavy atom. The molecule has 86 valence electrons. The predicted molar refractivity (Wildman–Crippen MR) is 65.7 cm³/mol. The summed E-state index contributed by atoms with van der Waals surface area (Å²) >= 11 is 0. The number of hydrogen-bond acceptors (Lipinski definition) is 3. The van der Waals surface area contributed by atoms with E-state index >= 15 is 0 Å². The first kappa shape index (κ1) is 11.1. The van der Waals surface area contributed by atoms with Crippen LogP contribution < -0.4 is 0 Å². The molecule has 0 fully saturated rings. The molecule has 0 atom stereocenters. The number of nitrogens with zero attached hydrogens (tertiary/aromatic N) is 2. The van der Waals surface area contributed by atoms with Crippen LogP contribution in [0.5, 0.6) is 0 Å². The van der Waals surface area contributed by atoms with Crippen molar-refractivity contribution in [2.75, 3.05) is 20.1 Å². The third-order valence-corrected chi connectivity index (χ3v) is 2.89. The molecule has 16 heavy (non-hydrogen) atoms. The van der Waals surface area contributed by atoms with E-state index in [9.17, 15) is 5.11 Å². The van der Waals surface area contributed by atoms with Crippen LogP contribution in [0.4, 0.5) is 0 Å². The molecular weight excluding hydrogens is 200 g/mol. The fourth-order valence-electron chi connectivity index (χ4n) is 2.03. The van der Waals surface area contributed by atoms with Crippen LogP contribution in [0, 0.1) is 0 Å². The van der Waals surface area contributed by atoms with Gasteiger partial charge >= 0.3 is 0 Å². The summed E-state index contributed by atoms with van der Waals surface area (Å²) < 4.78 is 0. The summed E-state index contributed by atoms with van der Waals surface area (Å²) in [5.41, 5.74) is 1.14. The summed E-state index contributed by atoms with van der Waals surface area (Å²) in [5, 5.41) is 10.1. The van der Waals surface area contributed by atoms with Crippen LogP contribution in [0.1, 0.15) is 25.0 Å². The maximum atomic E-state index is 10.1. The molecule has 1 aliphatic heterocycles. The molecule has 0 bridgehead atoms. The molecule has 0 radical (unpaired) electrons. The van der Waals surface area contributed by atoms with E-state index in [-0.39, 0.29) is 0 Å². The summed E-state index contributed by atoms with van der Waals surface area (Å²) in [7, 11) is 2.03. The minimum absolute atomic E-state index is 0.831. The second-order valence-corrected chi connectivity index (χ2v) is 4.73. The fourth-order valence-corrected chi connectivity index (χ4v) is 2.03. The Hall–Kier alpha value is -1.35. The Labute approximate surface area is 96.4 Å². The molecular formula is C13H18N2O. The quantitative estimate of drug-likeness (QED) is 0.818. The van der Waals surface area contributed by atoms with Gasteiger partial charge in [0.05, 0.1) is 12.1 Å². The van der Waals surface area contributed by atoms with Gasteiger partial charge in [0.25, 0.3) is 0 Å². The standard InChI is InChI=1S/C13H18N2O/c1-13(2,16)11-7-5-4-6-10(11)12-14-8-9-15(12)3/h4-7,16H,8-9H2,1-3H3. The van der Waals surface area contributed by atoms with Gasteiger partial charge in [-0.3, -0.25) is 4.99 Å². The Balaban J connectivity index is 2.49. The summed E-state index contributed by atoms with van der Waals surface area (Å²) in [6.45, 7) is 5.41. The Morgan fingerprint density at radius 3 is 2.56 bits per heavy atom. The highest BCUT2D eigenvalue weighted by Gasteiger charge is 2.24. The van der Waals surface area contributed by atoms with Crippen LogP contribution in [0.15, 0.2) is 29.3 Å². The normalized spacial score (nSPS) is 16.5. The second-order valence-electron chi connectivity index (χ2n) is 4.73. The number of amidine groups is 1. The van der Waals surface area contributed by atoms with Crippen LogP contribution in [0.2, 0.25) is 0 Å². The lowest BCUT2D eigenvalue weighted by Crippen LogP contribution is -2.27. The maximum Gasteiger partial charge on any atom is 0.131 e. The van der Waals surface area contributed by atoms with E-state index in [1.807, 2.05) is 31.3 Å². The first-order chi connectivity index (χ1) is 7.50. The zero-order chi connectivity index (χ0) is 11.8. The van der Waals surface area contributed by atoms with Crippen molar-refractivity contribution in [3.8, 4) is 0 Å². The van der Waals surface area contributed by atoms with Crippen molar-refractivity contribution in [3.63, 3.8) is 0 Å². The first-order valence-corrected chi connectivity index (χ1v) is 5.58. The lowest BCUT2D eigenvalue weighted by molar-refractivity contribution is 0.0783. The molecule has 0 saturated heterocycles. The molecule has 1 aliphatic rings. The minimum Gasteiger partial charge on any atom is -0.386 e. The van der Waals surface area contributed by atoms with Crippen LogP contribution >= 0.6 is 0 Å². The van der Waals surface area contributed by atoms with Crippen LogP contribution in [0.3, 0.4) is 0 Å². The zero-order valence-electron chi connectivity index (χ0n) is 10.1. The van der Waals surface area contributed by atoms with Gasteiger partial charge in [-0.25, -0.2) is 0 Å². The maximum absolute atomic E-state index is 10.1. The molecule has 3 heteroatoms. The molecule has 0 aliphatic carbocycles. The van der Waals surface area contributed by atoms with Gasteiger partial charge in [0.1, 0.15) is 5.84 Å². The van der Waals surface area contributed by atoms with Crippen LogP contribution in [-0.4, -0.2) is 36.0 Å². The number of benzene rings is 1. The molecule has 1 aromatic carbocycles. The lowest BCUT2D eigenvalue weighted by atomic mass is 9.92. The number of rotatable bonds is 2. The Morgan fingerprint density at radius 2 is 2.00 bits per heavy atom. The van der Waals surface area contributed by atoms with E-state index in [2.05, 4.69) is 9.89 Å². The van der Waals surface area contributed by atoms with Crippen molar-refractivity contribution in [2.45, 2.75) is 19.4 Å². The van der Waals surface area contributed by atoms with Crippen molar-refractivity contribution < 1.29 is 5.11 Å². The molecule has 0 aromatic heterocycles. The monoisotopic (exact) mass is 218 g/mol. The van der Waals surface area contributed by atoms with Gasteiger partial charge in [0.2, 0.25) is 0 Å².